The van der Waals surface area contributed by atoms with Crippen LogP contribution in [0.5, 0.6) is 0 Å². The van der Waals surface area contributed by atoms with Crippen LogP contribution in [0.3, 0.4) is 0 Å². The molecule has 0 radical (unpaired) electrons. The molecule has 1 aliphatic heterocycles. The Morgan fingerprint density at radius 1 is 1.22 bits per heavy atom. The van der Waals surface area contributed by atoms with Crippen LogP contribution in [0.25, 0.3) is 0 Å². The average Bonchev–Trinajstić information content (AvgIpc) is 2.27. The van der Waals surface area contributed by atoms with E-state index in [9.17, 15) is 20.1 Å². The van der Waals surface area contributed by atoms with Gasteiger partial charge in [-0.1, -0.05) is 34.8 Å². The van der Waals surface area contributed by atoms with Gasteiger partial charge >= 0.3 is 0 Å². The number of carbonyl (C=O) groups excluding carboxylic acids is 1. The van der Waals surface area contributed by atoms with Crippen molar-refractivity contribution < 1.29 is 30.0 Å². The van der Waals surface area contributed by atoms with Crippen molar-refractivity contribution in [3.05, 3.63) is 0 Å². The summed E-state index contributed by atoms with van der Waals surface area (Å²) in [7, 11) is 0. The maximum Gasteiger partial charge on any atom is 0.272 e. The van der Waals surface area contributed by atoms with Gasteiger partial charge in [-0.15, -0.1) is 0 Å². The van der Waals surface area contributed by atoms with Crippen molar-refractivity contribution in [2.24, 2.45) is 0 Å². The molecule has 18 heavy (non-hydrogen) atoms. The van der Waals surface area contributed by atoms with Gasteiger partial charge in [-0.3, -0.25) is 4.79 Å². The summed E-state index contributed by atoms with van der Waals surface area (Å²) >= 11 is 15.9. The number of nitrogens with one attached hydrogen (secondary N) is 1. The van der Waals surface area contributed by atoms with Crippen molar-refractivity contribution in [2.45, 2.75) is 34.4 Å². The van der Waals surface area contributed by atoms with Crippen LogP contribution >= 0.6 is 34.8 Å². The van der Waals surface area contributed by atoms with Gasteiger partial charge in [0.05, 0.1) is 6.61 Å². The molecule has 0 saturated carbocycles. The fourth-order valence-electron chi connectivity index (χ4n) is 1.49. The number of hydrogen-bond donors (Lipinski definition) is 5. The molecule has 106 valence electrons. The molecule has 1 aliphatic rings. The number of carbonyl (C=O) groups is 1. The number of hydrogen-bond acceptors (Lipinski definition) is 6. The van der Waals surface area contributed by atoms with Crippen LogP contribution in [-0.2, 0) is 9.53 Å². The summed E-state index contributed by atoms with van der Waals surface area (Å²) in [4.78, 5) is 11.4. The number of ether oxygens (including phenoxy) is 1. The second-order valence-corrected chi connectivity index (χ2v) is 6.01. The molecular formula is C8H12Cl3NO6. The molecule has 0 unspecified atom stereocenters. The Balaban J connectivity index is 2.74. The fraction of sp³-hybridized carbons (Fsp3) is 0.875. The Morgan fingerprint density at radius 3 is 2.22 bits per heavy atom. The van der Waals surface area contributed by atoms with E-state index in [1.54, 1.807) is 0 Å². The van der Waals surface area contributed by atoms with E-state index in [1.807, 2.05) is 5.32 Å². The number of alkyl halides is 3. The Morgan fingerprint density at radius 2 is 1.78 bits per heavy atom. The van der Waals surface area contributed by atoms with Crippen molar-refractivity contribution in [3.8, 4) is 0 Å². The van der Waals surface area contributed by atoms with E-state index in [0.717, 1.165) is 0 Å². The molecule has 1 amide bonds. The lowest BCUT2D eigenvalue weighted by Crippen LogP contribution is -2.65. The minimum Gasteiger partial charge on any atom is -0.394 e. The normalized spacial score (nSPS) is 37.4. The maximum atomic E-state index is 11.4. The van der Waals surface area contributed by atoms with E-state index >= 15 is 0 Å². The van der Waals surface area contributed by atoms with Crippen LogP contribution in [0.2, 0.25) is 0 Å². The number of aliphatic hydroxyl groups excluding tert-OH is 4. The van der Waals surface area contributed by atoms with Crippen LogP contribution in [0.1, 0.15) is 0 Å². The minimum absolute atomic E-state index is 0.611. The lowest BCUT2D eigenvalue weighted by molar-refractivity contribution is -0.253. The third-order valence-corrected chi connectivity index (χ3v) is 2.97. The second kappa shape index (κ2) is 6.06. The molecule has 1 heterocycles. The molecule has 0 aromatic carbocycles. The predicted molar refractivity (Wildman–Crippen MR) is 62.2 cm³/mol. The van der Waals surface area contributed by atoms with Crippen LogP contribution in [0.15, 0.2) is 0 Å². The maximum absolute atomic E-state index is 11.4. The zero-order valence-electron chi connectivity index (χ0n) is 8.83. The molecule has 0 bridgehead atoms. The molecule has 0 aromatic rings. The zero-order chi connectivity index (χ0) is 14.1. The SMILES string of the molecule is O=C(N[C@H]1[C@@H](O)[C@H](O)[C@@H](CO)O[C@@H]1O)C(Cl)(Cl)Cl. The third kappa shape index (κ3) is 3.58. The Hall–Kier alpha value is 0.140. The van der Waals surface area contributed by atoms with Crippen molar-refractivity contribution in [1.29, 1.82) is 0 Å². The smallest absolute Gasteiger partial charge is 0.272 e. The molecule has 1 fully saturated rings. The Bertz CT molecular complexity index is 312. The minimum atomic E-state index is -2.28. The molecule has 0 aliphatic carbocycles. The third-order valence-electron chi connectivity index (χ3n) is 2.46. The first-order chi connectivity index (χ1) is 8.18. The van der Waals surface area contributed by atoms with Gasteiger partial charge in [0, 0.05) is 0 Å². The predicted octanol–water partition coefficient (Wildman–Crippen LogP) is -1.73. The van der Waals surface area contributed by atoms with Crippen molar-refractivity contribution in [3.63, 3.8) is 0 Å². The van der Waals surface area contributed by atoms with Crippen molar-refractivity contribution in [1.82, 2.24) is 5.32 Å². The average molecular weight is 325 g/mol. The second-order valence-electron chi connectivity index (χ2n) is 3.73. The molecule has 1 rings (SSSR count). The molecular weight excluding hydrogens is 312 g/mol. The summed E-state index contributed by atoms with van der Waals surface area (Å²) in [6, 6.07) is -1.38. The van der Waals surface area contributed by atoms with Gasteiger partial charge in [0.2, 0.25) is 0 Å². The van der Waals surface area contributed by atoms with E-state index in [-0.39, 0.29) is 0 Å². The van der Waals surface area contributed by atoms with Gasteiger partial charge in [-0.05, 0) is 0 Å². The summed E-state index contributed by atoms with van der Waals surface area (Å²) in [6.07, 6.45) is -5.91. The highest BCUT2D eigenvalue weighted by atomic mass is 35.6. The van der Waals surface area contributed by atoms with Crippen LogP contribution in [0.4, 0.5) is 0 Å². The standard InChI is InChI=1S/C8H12Cl3NO6/c9-8(10,11)7(17)12-3-5(15)4(14)2(1-13)18-6(3)16/h2-6,13-16H,1H2,(H,12,17)/t2-,3+,4-,5-,6+/m1/s1. The quantitative estimate of drug-likeness (QED) is 0.385. The Kier molecular flexibility index (Phi) is 5.45. The molecule has 5 atom stereocenters. The van der Waals surface area contributed by atoms with Gasteiger partial charge in [0.1, 0.15) is 24.4 Å². The van der Waals surface area contributed by atoms with E-state index in [1.165, 1.54) is 0 Å². The van der Waals surface area contributed by atoms with Gasteiger partial charge < -0.3 is 30.5 Å². The van der Waals surface area contributed by atoms with E-state index in [2.05, 4.69) is 0 Å². The topological polar surface area (TPSA) is 119 Å². The van der Waals surface area contributed by atoms with Gasteiger partial charge in [0.25, 0.3) is 9.70 Å². The lowest BCUT2D eigenvalue weighted by atomic mass is 9.97. The van der Waals surface area contributed by atoms with Crippen molar-refractivity contribution >= 4 is 40.7 Å². The van der Waals surface area contributed by atoms with E-state index < -0.39 is 47.0 Å². The number of halogens is 3. The highest BCUT2D eigenvalue weighted by Crippen LogP contribution is 2.27. The molecule has 5 N–H and O–H groups in total. The number of amides is 1. The molecule has 1 saturated heterocycles. The zero-order valence-corrected chi connectivity index (χ0v) is 11.1. The van der Waals surface area contributed by atoms with E-state index in [0.29, 0.717) is 0 Å². The fourth-order valence-corrected chi connectivity index (χ4v) is 1.65. The van der Waals surface area contributed by atoms with Crippen LogP contribution < -0.4 is 5.32 Å². The molecule has 0 spiro atoms. The summed E-state index contributed by atoms with van der Waals surface area (Å²) in [6.45, 7) is -0.611. The first-order valence-electron chi connectivity index (χ1n) is 4.86. The summed E-state index contributed by atoms with van der Waals surface area (Å²) in [5.41, 5.74) is 0. The number of rotatable bonds is 2. The van der Waals surface area contributed by atoms with Crippen LogP contribution in [0, 0.1) is 0 Å². The first kappa shape index (κ1) is 16.2. The first-order valence-corrected chi connectivity index (χ1v) is 6.00. The molecule has 10 heteroatoms. The Labute approximate surface area is 117 Å². The highest BCUT2D eigenvalue weighted by Gasteiger charge is 2.46. The van der Waals surface area contributed by atoms with Crippen molar-refractivity contribution in [2.75, 3.05) is 6.61 Å². The van der Waals surface area contributed by atoms with Gasteiger partial charge in [-0.25, -0.2) is 0 Å². The number of aliphatic hydroxyl groups is 4. The lowest BCUT2D eigenvalue weighted by Gasteiger charge is -2.40. The van der Waals surface area contributed by atoms with Gasteiger partial charge in [0.15, 0.2) is 6.29 Å². The van der Waals surface area contributed by atoms with E-state index in [4.69, 9.17) is 44.6 Å². The summed E-state index contributed by atoms with van der Waals surface area (Å²) < 4.78 is 2.52. The summed E-state index contributed by atoms with van der Waals surface area (Å²) in [5.74, 6) is -1.09. The highest BCUT2D eigenvalue weighted by molar-refractivity contribution is 6.76. The summed E-state index contributed by atoms with van der Waals surface area (Å²) in [5, 5.41) is 39.6. The molecule has 0 aromatic heterocycles. The monoisotopic (exact) mass is 323 g/mol. The largest absolute Gasteiger partial charge is 0.394 e. The van der Waals surface area contributed by atoms with Crippen LogP contribution in [-0.4, -0.2) is 67.4 Å². The van der Waals surface area contributed by atoms with Gasteiger partial charge in [-0.2, -0.15) is 0 Å². The molecule has 7 nitrogen and oxygen atoms in total.